The molecule has 2 aliphatic heterocycles. The number of ether oxygens (including phenoxy) is 3. The number of fused-ring (bicyclic) bond motifs is 1. The lowest BCUT2D eigenvalue weighted by atomic mass is 9.95. The van der Waals surface area contributed by atoms with Crippen LogP contribution in [0.5, 0.6) is 23.0 Å². The molecule has 0 radical (unpaired) electrons. The Bertz CT molecular complexity index is 1350. The summed E-state index contributed by atoms with van der Waals surface area (Å²) in [6, 6.07) is 20.8. The van der Waals surface area contributed by atoms with E-state index in [9.17, 15) is 14.7 Å². The van der Waals surface area contributed by atoms with E-state index in [1.54, 1.807) is 24.3 Å². The lowest BCUT2D eigenvalue weighted by molar-refractivity contribution is -0.140. The van der Waals surface area contributed by atoms with Gasteiger partial charge in [0.15, 0.2) is 11.5 Å². The SMILES string of the molecule is CN(C)CCN1C(=O)C(=O)/C(=C(/O)c2ccc3c(c2)OCCO3)C1c1cccc(Oc2ccccc2)c1. The first-order chi connectivity index (χ1) is 17.9. The number of amides is 1. The number of carbonyl (C=O) groups excluding carboxylic acids is 2. The minimum Gasteiger partial charge on any atom is -0.507 e. The van der Waals surface area contributed by atoms with E-state index in [0.29, 0.717) is 60.4 Å². The van der Waals surface area contributed by atoms with Crippen molar-refractivity contribution in [2.75, 3.05) is 40.4 Å². The molecule has 0 aliphatic carbocycles. The number of Topliss-reactive ketones (excluding diaryl/α,β-unsaturated/α-hetero) is 1. The van der Waals surface area contributed by atoms with Gasteiger partial charge in [-0.25, -0.2) is 0 Å². The summed E-state index contributed by atoms with van der Waals surface area (Å²) >= 11 is 0. The van der Waals surface area contributed by atoms with Gasteiger partial charge >= 0.3 is 0 Å². The minimum absolute atomic E-state index is 0.0253. The van der Waals surface area contributed by atoms with Crippen LogP contribution in [0.2, 0.25) is 0 Å². The number of ketones is 1. The molecule has 0 bridgehead atoms. The summed E-state index contributed by atoms with van der Waals surface area (Å²) in [6.45, 7) is 1.69. The molecule has 8 heteroatoms. The van der Waals surface area contributed by atoms with E-state index in [2.05, 4.69) is 0 Å². The number of likely N-dealkylation sites (tertiary alicyclic amines) is 1. The number of rotatable bonds is 7. The number of aliphatic hydroxyl groups is 1. The maximum atomic E-state index is 13.3. The molecule has 0 aromatic heterocycles. The number of nitrogens with zero attached hydrogens (tertiary/aromatic N) is 2. The summed E-state index contributed by atoms with van der Waals surface area (Å²) in [7, 11) is 3.80. The fourth-order valence-corrected chi connectivity index (χ4v) is 4.48. The summed E-state index contributed by atoms with van der Waals surface area (Å²) in [5.41, 5.74) is 1.05. The topological polar surface area (TPSA) is 88.5 Å². The molecule has 0 saturated carbocycles. The molecule has 8 nitrogen and oxygen atoms in total. The van der Waals surface area contributed by atoms with Crippen LogP contribution in [0.4, 0.5) is 0 Å². The van der Waals surface area contributed by atoms with Gasteiger partial charge in [-0.15, -0.1) is 0 Å². The van der Waals surface area contributed by atoms with Crippen LogP contribution in [0.15, 0.2) is 78.4 Å². The minimum atomic E-state index is -0.785. The molecule has 5 rings (SSSR count). The monoisotopic (exact) mass is 500 g/mol. The lowest BCUT2D eigenvalue weighted by Gasteiger charge is -2.27. The van der Waals surface area contributed by atoms with Crippen LogP contribution in [-0.4, -0.2) is 67.0 Å². The summed E-state index contributed by atoms with van der Waals surface area (Å²) in [4.78, 5) is 30.0. The predicted molar refractivity (Wildman–Crippen MR) is 138 cm³/mol. The van der Waals surface area contributed by atoms with E-state index in [1.807, 2.05) is 67.5 Å². The zero-order valence-corrected chi connectivity index (χ0v) is 20.7. The standard InChI is InChI=1S/C29H28N2O6/c1-30(2)13-14-31-26(19-7-6-10-22(17-19)37-21-8-4-3-5-9-21)25(28(33)29(31)34)27(32)20-11-12-23-24(18-20)36-16-15-35-23/h3-12,17-18,26,32H,13-16H2,1-2H3/b27-25+. The first kappa shape index (κ1) is 24.4. The third-order valence-corrected chi connectivity index (χ3v) is 6.30. The molecule has 3 aromatic rings. The molecular formula is C29H28N2O6. The van der Waals surface area contributed by atoms with E-state index < -0.39 is 17.7 Å². The number of benzene rings is 3. The smallest absolute Gasteiger partial charge is 0.295 e. The van der Waals surface area contributed by atoms with Crippen LogP contribution in [-0.2, 0) is 9.59 Å². The van der Waals surface area contributed by atoms with Crippen LogP contribution < -0.4 is 14.2 Å². The Hall–Kier alpha value is -4.30. The Kier molecular flexibility index (Phi) is 6.83. The molecule has 37 heavy (non-hydrogen) atoms. The van der Waals surface area contributed by atoms with Crippen molar-refractivity contribution in [1.29, 1.82) is 0 Å². The van der Waals surface area contributed by atoms with Crippen molar-refractivity contribution >= 4 is 17.4 Å². The van der Waals surface area contributed by atoms with Crippen LogP contribution >= 0.6 is 0 Å². The van der Waals surface area contributed by atoms with Gasteiger partial charge in [0.05, 0.1) is 11.6 Å². The van der Waals surface area contributed by atoms with E-state index in [1.165, 1.54) is 4.90 Å². The fourth-order valence-electron chi connectivity index (χ4n) is 4.48. The van der Waals surface area contributed by atoms with Gasteiger partial charge in [0.25, 0.3) is 11.7 Å². The second kappa shape index (κ2) is 10.4. The maximum Gasteiger partial charge on any atom is 0.295 e. The Morgan fingerprint density at radius 2 is 1.68 bits per heavy atom. The zero-order chi connectivity index (χ0) is 25.9. The van der Waals surface area contributed by atoms with Crippen molar-refractivity contribution in [3.63, 3.8) is 0 Å². The van der Waals surface area contributed by atoms with Crippen LogP contribution in [0, 0.1) is 0 Å². The summed E-state index contributed by atoms with van der Waals surface area (Å²) in [6.07, 6.45) is 0. The van der Waals surface area contributed by atoms with Crippen molar-refractivity contribution < 1.29 is 28.9 Å². The normalized spacial score (nSPS) is 18.4. The van der Waals surface area contributed by atoms with Crippen molar-refractivity contribution in [2.45, 2.75) is 6.04 Å². The molecule has 2 heterocycles. The maximum absolute atomic E-state index is 13.3. The summed E-state index contributed by atoms with van der Waals surface area (Å²) in [5.74, 6) is 0.621. The highest BCUT2D eigenvalue weighted by Crippen LogP contribution is 2.42. The lowest BCUT2D eigenvalue weighted by Crippen LogP contribution is -2.35. The number of aliphatic hydroxyl groups excluding tert-OH is 1. The molecule has 190 valence electrons. The number of likely N-dealkylation sites (N-methyl/N-ethyl adjacent to an activating group) is 1. The van der Waals surface area contributed by atoms with Gasteiger partial charge in [0.1, 0.15) is 30.5 Å². The molecule has 1 unspecified atom stereocenters. The van der Waals surface area contributed by atoms with Crippen molar-refractivity contribution in [2.24, 2.45) is 0 Å². The van der Waals surface area contributed by atoms with E-state index in [-0.39, 0.29) is 11.3 Å². The first-order valence-corrected chi connectivity index (χ1v) is 12.1. The Morgan fingerprint density at radius 3 is 2.43 bits per heavy atom. The Labute approximate surface area is 215 Å². The van der Waals surface area contributed by atoms with Gasteiger partial charge in [-0.1, -0.05) is 30.3 Å². The molecular weight excluding hydrogens is 472 g/mol. The van der Waals surface area contributed by atoms with E-state index >= 15 is 0 Å². The molecule has 1 fully saturated rings. The number of hydrogen-bond donors (Lipinski definition) is 1. The van der Waals surface area contributed by atoms with Crippen LogP contribution in [0.3, 0.4) is 0 Å². The second-order valence-electron chi connectivity index (χ2n) is 9.14. The molecule has 2 aliphatic rings. The predicted octanol–water partition coefficient (Wildman–Crippen LogP) is 4.23. The van der Waals surface area contributed by atoms with Gasteiger partial charge in [-0.2, -0.15) is 0 Å². The van der Waals surface area contributed by atoms with Gasteiger partial charge < -0.3 is 29.1 Å². The van der Waals surface area contributed by atoms with Gasteiger partial charge in [0.2, 0.25) is 0 Å². The molecule has 1 amide bonds. The molecule has 0 spiro atoms. The number of para-hydroxylation sites is 1. The summed E-state index contributed by atoms with van der Waals surface area (Å²) in [5, 5.41) is 11.4. The van der Waals surface area contributed by atoms with Crippen LogP contribution in [0.1, 0.15) is 17.2 Å². The van der Waals surface area contributed by atoms with E-state index in [0.717, 1.165) is 0 Å². The van der Waals surface area contributed by atoms with Gasteiger partial charge in [-0.05, 0) is 62.1 Å². The third-order valence-electron chi connectivity index (χ3n) is 6.30. The van der Waals surface area contributed by atoms with Crippen molar-refractivity contribution in [1.82, 2.24) is 9.80 Å². The highest BCUT2D eigenvalue weighted by atomic mass is 16.6. The fraction of sp³-hybridized carbons (Fsp3) is 0.241. The number of hydrogen-bond acceptors (Lipinski definition) is 7. The van der Waals surface area contributed by atoms with Crippen molar-refractivity contribution in [3.8, 4) is 23.0 Å². The highest BCUT2D eigenvalue weighted by molar-refractivity contribution is 6.46. The average molecular weight is 501 g/mol. The largest absolute Gasteiger partial charge is 0.507 e. The summed E-state index contributed by atoms with van der Waals surface area (Å²) < 4.78 is 17.2. The second-order valence-corrected chi connectivity index (χ2v) is 9.14. The van der Waals surface area contributed by atoms with Gasteiger partial charge in [0, 0.05) is 18.7 Å². The van der Waals surface area contributed by atoms with Gasteiger partial charge in [-0.3, -0.25) is 9.59 Å². The molecule has 3 aromatic carbocycles. The van der Waals surface area contributed by atoms with Crippen LogP contribution in [0.25, 0.3) is 5.76 Å². The molecule has 1 atom stereocenters. The quantitative estimate of drug-likeness (QED) is 0.295. The van der Waals surface area contributed by atoms with Crippen molar-refractivity contribution in [3.05, 3.63) is 89.5 Å². The third kappa shape index (κ3) is 5.01. The first-order valence-electron chi connectivity index (χ1n) is 12.1. The number of carbonyl (C=O) groups is 2. The Morgan fingerprint density at radius 1 is 0.946 bits per heavy atom. The highest BCUT2D eigenvalue weighted by Gasteiger charge is 2.46. The molecule has 1 saturated heterocycles. The molecule has 1 N–H and O–H groups in total. The average Bonchev–Trinajstić information content (AvgIpc) is 3.17. The van der Waals surface area contributed by atoms with E-state index in [4.69, 9.17) is 14.2 Å². The zero-order valence-electron chi connectivity index (χ0n) is 20.7. The Balaban J connectivity index is 1.58.